The van der Waals surface area contributed by atoms with Gasteiger partial charge in [0.25, 0.3) is 0 Å². The third kappa shape index (κ3) is 2.95. The summed E-state index contributed by atoms with van der Waals surface area (Å²) in [5, 5.41) is 0. The Hall–Kier alpha value is -2.21. The van der Waals surface area contributed by atoms with E-state index in [0.29, 0.717) is 5.56 Å². The largest absolute Gasteiger partial charge is 0.497 e. The van der Waals surface area contributed by atoms with Crippen LogP contribution in [0, 0.1) is 17.5 Å². The summed E-state index contributed by atoms with van der Waals surface area (Å²) in [5.41, 5.74) is 5.90. The topological polar surface area (TPSA) is 44.5 Å². The number of benzene rings is 2. The maximum Gasteiger partial charge on any atom is 0.165 e. The summed E-state index contributed by atoms with van der Waals surface area (Å²) in [6.07, 6.45) is 0. The second kappa shape index (κ2) is 6.05. The molecule has 0 aliphatic heterocycles. The minimum absolute atomic E-state index is 0.0442. The Morgan fingerprint density at radius 1 is 0.905 bits per heavy atom. The summed E-state index contributed by atoms with van der Waals surface area (Å²) >= 11 is 0. The molecule has 3 nitrogen and oxygen atoms in total. The molecule has 2 aromatic rings. The van der Waals surface area contributed by atoms with Gasteiger partial charge in [0.1, 0.15) is 17.4 Å². The van der Waals surface area contributed by atoms with Crippen molar-refractivity contribution < 1.29 is 22.6 Å². The summed E-state index contributed by atoms with van der Waals surface area (Å²) in [6.45, 7) is 0. The van der Waals surface area contributed by atoms with Crippen LogP contribution in [-0.4, -0.2) is 14.2 Å². The fourth-order valence-electron chi connectivity index (χ4n) is 2.01. The monoisotopic (exact) mass is 297 g/mol. The molecule has 1 atom stereocenters. The van der Waals surface area contributed by atoms with E-state index < -0.39 is 23.5 Å². The molecule has 0 spiro atoms. The first-order valence-electron chi connectivity index (χ1n) is 6.10. The smallest absolute Gasteiger partial charge is 0.165 e. The number of ether oxygens (including phenoxy) is 2. The van der Waals surface area contributed by atoms with Gasteiger partial charge in [-0.1, -0.05) is 6.07 Å². The van der Waals surface area contributed by atoms with Crippen LogP contribution in [0.3, 0.4) is 0 Å². The number of hydrogen-bond acceptors (Lipinski definition) is 3. The van der Waals surface area contributed by atoms with E-state index in [9.17, 15) is 13.2 Å². The molecule has 0 amide bonds. The molecule has 6 heteroatoms. The van der Waals surface area contributed by atoms with Crippen molar-refractivity contribution in [1.29, 1.82) is 0 Å². The number of hydrogen-bond donors (Lipinski definition) is 1. The normalized spacial score (nSPS) is 12.1. The Bertz CT molecular complexity index is 638. The molecule has 0 heterocycles. The third-order valence-corrected chi connectivity index (χ3v) is 3.13. The standard InChI is InChI=1S/C15H14F3NO2/c1-20-9-6-11(17)14(12(18)7-9)15(19)8-3-4-10(16)13(5-8)21-2/h3-7,15H,19H2,1-2H3. The third-order valence-electron chi connectivity index (χ3n) is 3.13. The molecule has 2 rings (SSSR count). The Morgan fingerprint density at radius 2 is 1.52 bits per heavy atom. The zero-order valence-electron chi connectivity index (χ0n) is 11.5. The summed E-state index contributed by atoms with van der Waals surface area (Å²) < 4.78 is 51.0. The molecule has 0 aliphatic carbocycles. The minimum Gasteiger partial charge on any atom is -0.497 e. The number of nitrogens with two attached hydrogens (primary N) is 1. The zero-order chi connectivity index (χ0) is 15.6. The van der Waals surface area contributed by atoms with Gasteiger partial charge < -0.3 is 15.2 Å². The van der Waals surface area contributed by atoms with E-state index in [-0.39, 0.29) is 17.1 Å². The van der Waals surface area contributed by atoms with Crippen LogP contribution in [0.5, 0.6) is 11.5 Å². The Morgan fingerprint density at radius 3 is 2.05 bits per heavy atom. The first-order valence-corrected chi connectivity index (χ1v) is 6.10. The molecule has 0 fully saturated rings. The van der Waals surface area contributed by atoms with Gasteiger partial charge in [-0.15, -0.1) is 0 Å². The second-order valence-electron chi connectivity index (χ2n) is 4.38. The van der Waals surface area contributed by atoms with Crippen molar-refractivity contribution in [3.05, 3.63) is 58.9 Å². The number of methoxy groups -OCH3 is 2. The highest BCUT2D eigenvalue weighted by Gasteiger charge is 2.21. The van der Waals surface area contributed by atoms with E-state index in [1.807, 2.05) is 0 Å². The van der Waals surface area contributed by atoms with Crippen LogP contribution < -0.4 is 15.2 Å². The number of halogens is 3. The van der Waals surface area contributed by atoms with Crippen LogP contribution in [-0.2, 0) is 0 Å². The van der Waals surface area contributed by atoms with Gasteiger partial charge in [0, 0.05) is 17.7 Å². The van der Waals surface area contributed by atoms with Crippen LogP contribution in [0.1, 0.15) is 17.2 Å². The first kappa shape index (κ1) is 15.2. The average Bonchev–Trinajstić information content (AvgIpc) is 2.46. The molecular formula is C15H14F3NO2. The zero-order valence-corrected chi connectivity index (χ0v) is 11.5. The van der Waals surface area contributed by atoms with Crippen LogP contribution in [0.25, 0.3) is 0 Å². The maximum absolute atomic E-state index is 14.0. The fourth-order valence-corrected chi connectivity index (χ4v) is 2.01. The van der Waals surface area contributed by atoms with Crippen molar-refractivity contribution in [2.75, 3.05) is 14.2 Å². The molecule has 0 radical (unpaired) electrons. The Labute approximate surface area is 120 Å². The Balaban J connectivity index is 2.47. The van der Waals surface area contributed by atoms with Crippen molar-refractivity contribution in [2.24, 2.45) is 5.73 Å². The SMILES string of the molecule is COc1cc(F)c(C(N)c2ccc(F)c(OC)c2)c(F)c1. The van der Waals surface area contributed by atoms with Gasteiger partial charge in [-0.25, -0.2) is 13.2 Å². The van der Waals surface area contributed by atoms with Crippen LogP contribution in [0.15, 0.2) is 30.3 Å². The molecule has 0 aliphatic rings. The van der Waals surface area contributed by atoms with Crippen LogP contribution in [0.2, 0.25) is 0 Å². The van der Waals surface area contributed by atoms with Gasteiger partial charge in [0.05, 0.1) is 20.3 Å². The average molecular weight is 297 g/mol. The molecule has 21 heavy (non-hydrogen) atoms. The molecule has 0 saturated carbocycles. The predicted molar refractivity (Wildman–Crippen MR) is 71.9 cm³/mol. The van der Waals surface area contributed by atoms with E-state index in [1.165, 1.54) is 26.4 Å². The molecule has 0 aromatic heterocycles. The fraction of sp³-hybridized carbons (Fsp3) is 0.200. The van der Waals surface area contributed by atoms with Gasteiger partial charge in [0.15, 0.2) is 11.6 Å². The molecule has 0 saturated heterocycles. The highest BCUT2D eigenvalue weighted by molar-refractivity contribution is 5.40. The molecule has 112 valence electrons. The lowest BCUT2D eigenvalue weighted by Gasteiger charge is -2.16. The van der Waals surface area contributed by atoms with E-state index in [0.717, 1.165) is 18.2 Å². The number of rotatable bonds is 4. The second-order valence-corrected chi connectivity index (χ2v) is 4.38. The van der Waals surface area contributed by atoms with Crippen molar-refractivity contribution in [3.63, 3.8) is 0 Å². The highest BCUT2D eigenvalue weighted by atomic mass is 19.1. The molecule has 2 N–H and O–H groups in total. The highest BCUT2D eigenvalue weighted by Crippen LogP contribution is 2.30. The summed E-state index contributed by atoms with van der Waals surface area (Å²) in [5.74, 6) is -2.23. The lowest BCUT2D eigenvalue weighted by molar-refractivity contribution is 0.385. The quantitative estimate of drug-likeness (QED) is 0.942. The molecular weight excluding hydrogens is 283 g/mol. The van der Waals surface area contributed by atoms with E-state index in [4.69, 9.17) is 15.2 Å². The molecule has 2 aromatic carbocycles. The van der Waals surface area contributed by atoms with Gasteiger partial charge in [-0.2, -0.15) is 0 Å². The van der Waals surface area contributed by atoms with Gasteiger partial charge >= 0.3 is 0 Å². The van der Waals surface area contributed by atoms with Gasteiger partial charge in [-0.3, -0.25) is 0 Å². The van der Waals surface area contributed by atoms with E-state index in [2.05, 4.69) is 0 Å². The van der Waals surface area contributed by atoms with Crippen molar-refractivity contribution in [2.45, 2.75) is 6.04 Å². The van der Waals surface area contributed by atoms with E-state index in [1.54, 1.807) is 0 Å². The Kier molecular flexibility index (Phi) is 4.37. The predicted octanol–water partition coefficient (Wildman–Crippen LogP) is 3.17. The van der Waals surface area contributed by atoms with Crippen LogP contribution in [0.4, 0.5) is 13.2 Å². The summed E-state index contributed by atoms with van der Waals surface area (Å²) in [6, 6.07) is 4.78. The van der Waals surface area contributed by atoms with Crippen LogP contribution >= 0.6 is 0 Å². The van der Waals surface area contributed by atoms with Crippen molar-refractivity contribution in [3.8, 4) is 11.5 Å². The minimum atomic E-state index is -1.09. The van der Waals surface area contributed by atoms with Crippen molar-refractivity contribution >= 4 is 0 Å². The lowest BCUT2D eigenvalue weighted by atomic mass is 9.98. The lowest BCUT2D eigenvalue weighted by Crippen LogP contribution is -2.16. The molecule has 0 bridgehead atoms. The van der Waals surface area contributed by atoms with Gasteiger partial charge in [-0.05, 0) is 17.7 Å². The van der Waals surface area contributed by atoms with Crippen molar-refractivity contribution in [1.82, 2.24) is 0 Å². The van der Waals surface area contributed by atoms with E-state index >= 15 is 0 Å². The van der Waals surface area contributed by atoms with Gasteiger partial charge in [0.2, 0.25) is 0 Å². The summed E-state index contributed by atoms with van der Waals surface area (Å²) in [4.78, 5) is 0. The first-order chi connectivity index (χ1) is 9.97. The molecule has 1 unspecified atom stereocenters. The summed E-state index contributed by atoms with van der Waals surface area (Å²) in [7, 11) is 2.60. The maximum atomic E-state index is 14.0.